The highest BCUT2D eigenvalue weighted by Gasteiger charge is 2.02. The number of hydrogen-bond acceptors (Lipinski definition) is 5. The minimum atomic E-state index is -3.90. The Morgan fingerprint density at radius 2 is 1.60 bits per heavy atom. The molecule has 0 rings (SSSR count). The first-order valence-electron chi connectivity index (χ1n) is 3.06. The quantitative estimate of drug-likeness (QED) is 0.409. The molecule has 0 radical (unpaired) electrons. The standard InChI is InChI=1S/C4H8O5S.CH2O2.2CH4/c5-4-9-2-1-3-10(6,7)8;2-1-3;;/h4H,1-3H2,(H,6,7,8);1H,(H,2,3);2*1H4. The predicted molar refractivity (Wildman–Crippen MR) is 55.2 cm³/mol. The first kappa shape index (κ1) is 23.6. The third-order valence-corrected chi connectivity index (χ3v) is 1.54. The van der Waals surface area contributed by atoms with E-state index in [2.05, 4.69) is 4.74 Å². The molecule has 0 saturated carbocycles. The molecule has 0 saturated heterocycles. The highest BCUT2D eigenvalue weighted by Crippen LogP contribution is 1.87. The molecule has 0 amide bonds. The number of carbonyl (C=O) groups excluding carboxylic acids is 1. The molecule has 2 N–H and O–H groups in total. The van der Waals surface area contributed by atoms with Gasteiger partial charge in [-0.1, -0.05) is 14.9 Å². The van der Waals surface area contributed by atoms with E-state index in [1.54, 1.807) is 0 Å². The van der Waals surface area contributed by atoms with Gasteiger partial charge >= 0.3 is 0 Å². The average Bonchev–Trinajstić information content (AvgIpc) is 1.98. The van der Waals surface area contributed by atoms with Gasteiger partial charge < -0.3 is 9.84 Å². The maximum absolute atomic E-state index is 10.0. The maximum Gasteiger partial charge on any atom is 0.293 e. The van der Waals surface area contributed by atoms with Crippen LogP contribution >= 0.6 is 0 Å². The van der Waals surface area contributed by atoms with Crippen LogP contribution in [0.2, 0.25) is 0 Å². The number of ether oxygens (including phenoxy) is 1. The fourth-order valence-corrected chi connectivity index (χ4v) is 0.855. The van der Waals surface area contributed by atoms with E-state index in [0.29, 0.717) is 0 Å². The Bertz CT molecular complexity index is 221. The van der Waals surface area contributed by atoms with Crippen LogP contribution in [0.15, 0.2) is 0 Å². The van der Waals surface area contributed by atoms with Crippen LogP contribution < -0.4 is 0 Å². The van der Waals surface area contributed by atoms with Crippen molar-refractivity contribution < 1.29 is 32.4 Å². The minimum absolute atomic E-state index is 0. The van der Waals surface area contributed by atoms with Crippen LogP contribution in [0, 0.1) is 0 Å². The Morgan fingerprint density at radius 1 is 1.20 bits per heavy atom. The van der Waals surface area contributed by atoms with Gasteiger partial charge in [-0.25, -0.2) is 0 Å². The highest BCUT2D eigenvalue weighted by molar-refractivity contribution is 7.85. The average molecular weight is 246 g/mol. The lowest BCUT2D eigenvalue weighted by Crippen LogP contribution is -2.06. The second kappa shape index (κ2) is 15.3. The Hall–Kier alpha value is -1.15. The normalized spacial score (nSPS) is 8.07. The van der Waals surface area contributed by atoms with Gasteiger partial charge in [0, 0.05) is 0 Å². The zero-order valence-electron chi connectivity index (χ0n) is 6.62. The van der Waals surface area contributed by atoms with E-state index in [0.717, 1.165) is 0 Å². The van der Waals surface area contributed by atoms with Crippen molar-refractivity contribution >= 4 is 23.1 Å². The fourth-order valence-electron chi connectivity index (χ4n) is 0.373. The summed E-state index contributed by atoms with van der Waals surface area (Å²) in [5, 5.41) is 6.89. The van der Waals surface area contributed by atoms with Crippen molar-refractivity contribution in [3.8, 4) is 0 Å². The molecule has 0 aromatic rings. The molecule has 0 aliphatic rings. The lowest BCUT2D eigenvalue weighted by atomic mass is 10.5. The van der Waals surface area contributed by atoms with Crippen molar-refractivity contribution in [1.29, 1.82) is 0 Å². The summed E-state index contributed by atoms with van der Waals surface area (Å²) in [4.78, 5) is 17.9. The fraction of sp³-hybridized carbons (Fsp3) is 0.714. The monoisotopic (exact) mass is 246 g/mol. The molecule has 0 heterocycles. The van der Waals surface area contributed by atoms with Crippen LogP contribution in [0.25, 0.3) is 0 Å². The molecule has 0 aliphatic carbocycles. The van der Waals surface area contributed by atoms with Gasteiger partial charge in [0.05, 0.1) is 12.4 Å². The van der Waals surface area contributed by atoms with E-state index in [1.165, 1.54) is 0 Å². The molecule has 7 nitrogen and oxygen atoms in total. The van der Waals surface area contributed by atoms with E-state index in [4.69, 9.17) is 14.5 Å². The lowest BCUT2D eigenvalue weighted by Gasteiger charge is -1.95. The summed E-state index contributed by atoms with van der Waals surface area (Å²) in [6.07, 6.45) is 0.123. The summed E-state index contributed by atoms with van der Waals surface area (Å²) < 4.78 is 32.3. The molecule has 8 heteroatoms. The first-order chi connectivity index (χ1) is 5.97. The van der Waals surface area contributed by atoms with Gasteiger partial charge in [0.15, 0.2) is 0 Å². The van der Waals surface area contributed by atoms with Crippen LogP contribution in [0.1, 0.15) is 21.3 Å². The van der Waals surface area contributed by atoms with Crippen LogP contribution in [0.5, 0.6) is 0 Å². The van der Waals surface area contributed by atoms with Crippen molar-refractivity contribution in [2.75, 3.05) is 12.4 Å². The third kappa shape index (κ3) is 44.2. The first-order valence-corrected chi connectivity index (χ1v) is 4.67. The third-order valence-electron chi connectivity index (χ3n) is 0.733. The summed E-state index contributed by atoms with van der Waals surface area (Å²) in [6.45, 7) is -0.00666. The SMILES string of the molecule is C.C.O=CO.O=COCCCS(=O)(=O)O. The second-order valence-electron chi connectivity index (χ2n) is 1.71. The molecule has 0 aliphatic heterocycles. The summed E-state index contributed by atoms with van der Waals surface area (Å²) in [5.41, 5.74) is 0. The van der Waals surface area contributed by atoms with Gasteiger partial charge in [-0.05, 0) is 6.42 Å². The Kier molecular flexibility index (Phi) is 24.1. The number of carboxylic acid groups (broad SMARTS) is 1. The lowest BCUT2D eigenvalue weighted by molar-refractivity contribution is -0.128. The molecule has 0 fully saturated rings. The van der Waals surface area contributed by atoms with Crippen LogP contribution in [0.4, 0.5) is 0 Å². The van der Waals surface area contributed by atoms with Gasteiger partial charge in [-0.2, -0.15) is 8.42 Å². The van der Waals surface area contributed by atoms with Crippen molar-refractivity contribution in [2.45, 2.75) is 21.3 Å². The van der Waals surface area contributed by atoms with Gasteiger partial charge in [0.25, 0.3) is 23.1 Å². The van der Waals surface area contributed by atoms with Crippen molar-refractivity contribution in [1.82, 2.24) is 0 Å². The van der Waals surface area contributed by atoms with Crippen LogP contribution in [0.3, 0.4) is 0 Å². The van der Waals surface area contributed by atoms with Crippen molar-refractivity contribution in [3.05, 3.63) is 0 Å². The van der Waals surface area contributed by atoms with Gasteiger partial charge in [-0.15, -0.1) is 0 Å². The molecule has 0 bridgehead atoms. The Balaban J connectivity index is -0.000000108. The molecular formula is C7H18O7S. The van der Waals surface area contributed by atoms with Crippen LogP contribution in [-0.2, 0) is 24.4 Å². The summed E-state index contributed by atoms with van der Waals surface area (Å²) in [7, 11) is -3.90. The zero-order valence-corrected chi connectivity index (χ0v) is 7.44. The second-order valence-corrected chi connectivity index (χ2v) is 3.28. The molecule has 0 aromatic carbocycles. The highest BCUT2D eigenvalue weighted by atomic mass is 32.2. The van der Waals surface area contributed by atoms with E-state index in [9.17, 15) is 13.2 Å². The van der Waals surface area contributed by atoms with E-state index < -0.39 is 10.1 Å². The maximum atomic E-state index is 10.0. The van der Waals surface area contributed by atoms with Gasteiger partial charge in [-0.3, -0.25) is 14.1 Å². The summed E-state index contributed by atoms with van der Waals surface area (Å²) >= 11 is 0. The molecule has 0 atom stereocenters. The molecular weight excluding hydrogens is 228 g/mol. The topological polar surface area (TPSA) is 118 Å². The largest absolute Gasteiger partial charge is 0.483 e. The van der Waals surface area contributed by atoms with E-state index >= 15 is 0 Å². The smallest absolute Gasteiger partial charge is 0.293 e. The van der Waals surface area contributed by atoms with Crippen molar-refractivity contribution in [3.63, 3.8) is 0 Å². The molecule has 94 valence electrons. The minimum Gasteiger partial charge on any atom is -0.483 e. The zero-order chi connectivity index (χ0) is 10.7. The number of carbonyl (C=O) groups is 2. The van der Waals surface area contributed by atoms with Crippen LogP contribution in [-0.4, -0.2) is 43.4 Å². The van der Waals surface area contributed by atoms with Gasteiger partial charge in [0.1, 0.15) is 0 Å². The molecule has 0 aromatic heterocycles. The molecule has 0 spiro atoms. The summed E-state index contributed by atoms with van der Waals surface area (Å²) in [5.74, 6) is -0.374. The van der Waals surface area contributed by atoms with E-state index in [-0.39, 0.29) is 46.6 Å². The number of rotatable bonds is 5. The molecule has 15 heavy (non-hydrogen) atoms. The summed E-state index contributed by atoms with van der Waals surface area (Å²) in [6, 6.07) is 0. The van der Waals surface area contributed by atoms with Gasteiger partial charge in [0.2, 0.25) is 0 Å². The molecule has 0 unspecified atom stereocenters. The Labute approximate surface area is 89.8 Å². The predicted octanol–water partition coefficient (Wildman–Crippen LogP) is 0.410. The van der Waals surface area contributed by atoms with Crippen molar-refractivity contribution in [2.24, 2.45) is 0 Å². The Morgan fingerprint density at radius 3 is 1.87 bits per heavy atom. The number of hydrogen-bond donors (Lipinski definition) is 2. The van der Waals surface area contributed by atoms with E-state index in [1.807, 2.05) is 0 Å².